The third-order valence-corrected chi connectivity index (χ3v) is 8.13. The fourth-order valence-electron chi connectivity index (χ4n) is 3.78. The first-order valence-corrected chi connectivity index (χ1v) is 12.0. The van der Waals surface area contributed by atoms with Gasteiger partial charge in [0.1, 0.15) is 0 Å². The Labute approximate surface area is 175 Å². The van der Waals surface area contributed by atoms with Gasteiger partial charge >= 0.3 is 4.87 Å². The van der Waals surface area contributed by atoms with Crippen molar-refractivity contribution in [2.24, 2.45) is 0 Å². The van der Waals surface area contributed by atoms with Crippen molar-refractivity contribution in [1.82, 2.24) is 13.8 Å². The highest BCUT2D eigenvalue weighted by atomic mass is 32.2. The van der Waals surface area contributed by atoms with Gasteiger partial charge in [-0.2, -0.15) is 4.31 Å². The third-order valence-electron chi connectivity index (χ3n) is 5.32. The molecule has 0 saturated carbocycles. The Kier molecular flexibility index (Phi) is 5.61. The van der Waals surface area contributed by atoms with Crippen LogP contribution in [0.25, 0.3) is 10.2 Å². The molecular formula is C21H25N3O3S2. The number of thiazole rings is 1. The second-order valence-electron chi connectivity index (χ2n) is 7.63. The molecule has 1 saturated heterocycles. The van der Waals surface area contributed by atoms with Crippen molar-refractivity contribution in [3.05, 3.63) is 63.8 Å². The van der Waals surface area contributed by atoms with E-state index in [1.807, 2.05) is 32.0 Å². The van der Waals surface area contributed by atoms with Gasteiger partial charge in [0.15, 0.2) is 0 Å². The monoisotopic (exact) mass is 431 g/mol. The standard InChI is InChI=1S/C21H25N3O3S2/c1-16(2)24-19-9-8-18(14-20(19)28-21(24)25)29(26,27)23-12-10-22(11-13-23)15-17-6-4-3-5-7-17/h3-9,14,16H,10-13,15H2,1-2H3. The molecule has 0 spiro atoms. The average molecular weight is 432 g/mol. The molecule has 1 aromatic heterocycles. The van der Waals surface area contributed by atoms with Crippen molar-refractivity contribution in [2.75, 3.05) is 26.2 Å². The molecule has 2 heterocycles. The molecule has 8 heteroatoms. The van der Waals surface area contributed by atoms with Crippen LogP contribution in [0.4, 0.5) is 0 Å². The summed E-state index contributed by atoms with van der Waals surface area (Å²) >= 11 is 1.10. The molecular weight excluding hydrogens is 406 g/mol. The van der Waals surface area contributed by atoms with E-state index in [2.05, 4.69) is 17.0 Å². The van der Waals surface area contributed by atoms with Gasteiger partial charge in [0.2, 0.25) is 10.0 Å². The van der Waals surface area contributed by atoms with Crippen LogP contribution in [-0.4, -0.2) is 48.4 Å². The molecule has 1 fully saturated rings. The Balaban J connectivity index is 1.51. The Bertz CT molecular complexity index is 1160. The van der Waals surface area contributed by atoms with Gasteiger partial charge in [-0.1, -0.05) is 41.7 Å². The number of sulfonamides is 1. The first kappa shape index (κ1) is 20.3. The first-order chi connectivity index (χ1) is 13.9. The minimum absolute atomic E-state index is 0.0383. The number of hydrogen-bond donors (Lipinski definition) is 0. The van der Waals surface area contributed by atoms with Crippen molar-refractivity contribution in [1.29, 1.82) is 0 Å². The van der Waals surface area contributed by atoms with Crippen LogP contribution in [0.15, 0.2) is 58.2 Å². The van der Waals surface area contributed by atoms with Crippen molar-refractivity contribution in [2.45, 2.75) is 31.3 Å². The van der Waals surface area contributed by atoms with Crippen molar-refractivity contribution < 1.29 is 8.42 Å². The Morgan fingerprint density at radius 1 is 1.00 bits per heavy atom. The summed E-state index contributed by atoms with van der Waals surface area (Å²) in [6, 6.07) is 15.3. The third kappa shape index (κ3) is 4.02. The normalized spacial score (nSPS) is 16.7. The Morgan fingerprint density at radius 3 is 2.34 bits per heavy atom. The first-order valence-electron chi connectivity index (χ1n) is 9.78. The largest absolute Gasteiger partial charge is 0.308 e. The Hall–Kier alpha value is -2.00. The number of fused-ring (bicyclic) bond motifs is 1. The van der Waals surface area contributed by atoms with Crippen LogP contribution in [0.2, 0.25) is 0 Å². The van der Waals surface area contributed by atoms with Crippen LogP contribution in [0.5, 0.6) is 0 Å². The second-order valence-corrected chi connectivity index (χ2v) is 10.6. The number of rotatable bonds is 5. The zero-order valence-corrected chi connectivity index (χ0v) is 18.2. The quantitative estimate of drug-likeness (QED) is 0.623. The minimum atomic E-state index is -3.57. The molecule has 0 bridgehead atoms. The van der Waals surface area contributed by atoms with E-state index in [0.29, 0.717) is 30.9 Å². The number of nitrogens with zero attached hydrogens (tertiary/aromatic N) is 3. The zero-order valence-electron chi connectivity index (χ0n) is 16.6. The Morgan fingerprint density at radius 2 is 1.69 bits per heavy atom. The molecule has 1 aliphatic heterocycles. The summed E-state index contributed by atoms with van der Waals surface area (Å²) in [5.74, 6) is 0. The lowest BCUT2D eigenvalue weighted by Gasteiger charge is -2.34. The lowest BCUT2D eigenvalue weighted by Crippen LogP contribution is -2.48. The summed E-state index contributed by atoms with van der Waals surface area (Å²) in [5.41, 5.74) is 2.03. The molecule has 0 unspecified atom stereocenters. The number of hydrogen-bond acceptors (Lipinski definition) is 5. The summed E-state index contributed by atoms with van der Waals surface area (Å²) in [5, 5.41) is 0. The van der Waals surface area contributed by atoms with E-state index < -0.39 is 10.0 Å². The molecule has 3 aromatic rings. The van der Waals surface area contributed by atoms with E-state index in [1.54, 1.807) is 27.1 Å². The average Bonchev–Trinajstić information content (AvgIpc) is 3.04. The summed E-state index contributed by atoms with van der Waals surface area (Å²) < 4.78 is 30.3. The summed E-state index contributed by atoms with van der Waals surface area (Å²) in [4.78, 5) is 14.7. The van der Waals surface area contributed by atoms with Gasteiger partial charge in [-0.05, 0) is 37.6 Å². The minimum Gasteiger partial charge on any atom is -0.296 e. The molecule has 154 valence electrons. The van der Waals surface area contributed by atoms with Gasteiger partial charge in [-0.15, -0.1) is 0 Å². The van der Waals surface area contributed by atoms with Crippen LogP contribution in [0.3, 0.4) is 0 Å². The number of piperazine rings is 1. The van der Waals surface area contributed by atoms with Gasteiger partial charge < -0.3 is 0 Å². The lowest BCUT2D eigenvalue weighted by atomic mass is 10.2. The smallest absolute Gasteiger partial charge is 0.296 e. The maximum absolute atomic E-state index is 13.1. The zero-order chi connectivity index (χ0) is 20.6. The highest BCUT2D eigenvalue weighted by molar-refractivity contribution is 7.89. The molecule has 0 atom stereocenters. The number of aromatic nitrogens is 1. The van der Waals surface area contributed by atoms with Crippen LogP contribution in [-0.2, 0) is 16.6 Å². The summed E-state index contributed by atoms with van der Waals surface area (Å²) in [6.45, 7) is 7.07. The second kappa shape index (κ2) is 8.02. The van der Waals surface area contributed by atoms with Crippen LogP contribution < -0.4 is 4.87 Å². The predicted octanol–water partition coefficient (Wildman–Crippen LogP) is 3.15. The van der Waals surface area contributed by atoms with Crippen molar-refractivity contribution in [3.8, 4) is 0 Å². The topological polar surface area (TPSA) is 62.6 Å². The molecule has 0 aliphatic carbocycles. The van der Waals surface area contributed by atoms with Crippen LogP contribution >= 0.6 is 11.3 Å². The number of benzene rings is 2. The van der Waals surface area contributed by atoms with Crippen molar-refractivity contribution in [3.63, 3.8) is 0 Å². The molecule has 1 aliphatic rings. The van der Waals surface area contributed by atoms with Gasteiger partial charge in [0, 0.05) is 38.8 Å². The summed E-state index contributed by atoms with van der Waals surface area (Å²) in [7, 11) is -3.57. The highest BCUT2D eigenvalue weighted by Crippen LogP contribution is 2.26. The predicted molar refractivity (Wildman–Crippen MR) is 117 cm³/mol. The van der Waals surface area contributed by atoms with E-state index in [4.69, 9.17) is 0 Å². The van der Waals surface area contributed by atoms with Crippen LogP contribution in [0.1, 0.15) is 25.5 Å². The maximum Gasteiger partial charge on any atom is 0.308 e. The highest BCUT2D eigenvalue weighted by Gasteiger charge is 2.29. The molecule has 0 N–H and O–H groups in total. The molecule has 2 aromatic carbocycles. The molecule has 6 nitrogen and oxygen atoms in total. The van der Waals surface area contributed by atoms with Gasteiger partial charge in [-0.3, -0.25) is 14.3 Å². The van der Waals surface area contributed by atoms with E-state index in [1.165, 1.54) is 5.56 Å². The molecule has 0 radical (unpaired) electrons. The van der Waals surface area contributed by atoms with E-state index in [9.17, 15) is 13.2 Å². The fourth-order valence-corrected chi connectivity index (χ4v) is 6.36. The SMILES string of the molecule is CC(C)n1c(=O)sc2cc(S(=O)(=O)N3CCN(Cc4ccccc4)CC3)ccc21. The summed E-state index contributed by atoms with van der Waals surface area (Å²) in [6.07, 6.45) is 0. The van der Waals surface area contributed by atoms with E-state index in [-0.39, 0.29) is 15.8 Å². The van der Waals surface area contributed by atoms with Crippen LogP contribution in [0, 0.1) is 0 Å². The maximum atomic E-state index is 13.1. The van der Waals surface area contributed by atoms with E-state index >= 15 is 0 Å². The molecule has 4 rings (SSSR count). The van der Waals surface area contributed by atoms with Gasteiger partial charge in [0.05, 0.1) is 15.1 Å². The van der Waals surface area contributed by atoms with Crippen molar-refractivity contribution >= 4 is 31.6 Å². The lowest BCUT2D eigenvalue weighted by molar-refractivity contribution is 0.181. The van der Waals surface area contributed by atoms with E-state index in [0.717, 1.165) is 23.4 Å². The van der Waals surface area contributed by atoms with Gasteiger partial charge in [-0.25, -0.2) is 8.42 Å². The fraction of sp³-hybridized carbons (Fsp3) is 0.381. The molecule has 29 heavy (non-hydrogen) atoms. The molecule has 0 amide bonds. The van der Waals surface area contributed by atoms with Gasteiger partial charge in [0.25, 0.3) is 0 Å².